The normalized spacial score (nSPS) is 10.9. The van der Waals surface area contributed by atoms with Crippen LogP contribution in [-0.2, 0) is 11.2 Å². The standard InChI is InChI=1S/C22H12F5N3OS/c23-16-12(17(24)19(26)20(27)18(16)25)9-15(31)30-22-21(14-7-4-8-32-14)29-13(10-28-22)11-5-2-1-3-6-11/h1-8,10H,9H2,(H,28,30,31). The smallest absolute Gasteiger partial charge is 0.230 e. The van der Waals surface area contributed by atoms with Crippen molar-refractivity contribution in [3.05, 3.63) is 88.7 Å². The number of rotatable bonds is 5. The highest BCUT2D eigenvalue weighted by atomic mass is 32.1. The third-order valence-corrected chi connectivity index (χ3v) is 5.37. The molecule has 0 aliphatic carbocycles. The Kier molecular flexibility index (Phi) is 5.95. The second kappa shape index (κ2) is 8.83. The molecular weight excluding hydrogens is 449 g/mol. The molecule has 32 heavy (non-hydrogen) atoms. The van der Waals surface area contributed by atoms with Crippen molar-refractivity contribution in [3.8, 4) is 21.8 Å². The maximum atomic E-state index is 13.9. The van der Waals surface area contributed by atoms with Gasteiger partial charge in [0.1, 0.15) is 5.69 Å². The zero-order chi connectivity index (χ0) is 22.8. The Hall–Kier alpha value is -3.66. The highest BCUT2D eigenvalue weighted by molar-refractivity contribution is 7.13. The minimum atomic E-state index is -2.29. The Morgan fingerprint density at radius 3 is 2.16 bits per heavy atom. The van der Waals surface area contributed by atoms with Crippen LogP contribution in [0.1, 0.15) is 5.56 Å². The van der Waals surface area contributed by atoms with E-state index in [1.165, 1.54) is 17.5 Å². The Morgan fingerprint density at radius 2 is 1.53 bits per heavy atom. The number of amides is 1. The molecule has 10 heteroatoms. The van der Waals surface area contributed by atoms with Crippen LogP contribution in [0.2, 0.25) is 0 Å². The van der Waals surface area contributed by atoms with Crippen LogP contribution in [0.5, 0.6) is 0 Å². The lowest BCUT2D eigenvalue weighted by Crippen LogP contribution is -2.19. The lowest BCUT2D eigenvalue weighted by atomic mass is 10.1. The molecule has 0 atom stereocenters. The molecule has 4 aromatic rings. The van der Waals surface area contributed by atoms with Gasteiger partial charge in [0.15, 0.2) is 29.1 Å². The van der Waals surface area contributed by atoms with Gasteiger partial charge >= 0.3 is 0 Å². The molecule has 1 N–H and O–H groups in total. The zero-order valence-electron chi connectivity index (χ0n) is 16.0. The number of carbonyl (C=O) groups excluding carboxylic acids is 1. The molecule has 2 heterocycles. The van der Waals surface area contributed by atoms with E-state index < -0.39 is 47.0 Å². The monoisotopic (exact) mass is 461 g/mol. The van der Waals surface area contributed by atoms with Crippen molar-refractivity contribution >= 4 is 23.1 Å². The summed E-state index contributed by atoms with van der Waals surface area (Å²) in [7, 11) is 0. The summed E-state index contributed by atoms with van der Waals surface area (Å²) in [5, 5.41) is 4.14. The first-order valence-corrected chi connectivity index (χ1v) is 10.0. The van der Waals surface area contributed by atoms with Crippen LogP contribution in [-0.4, -0.2) is 15.9 Å². The maximum Gasteiger partial charge on any atom is 0.230 e. The van der Waals surface area contributed by atoms with Gasteiger partial charge in [-0.2, -0.15) is 0 Å². The summed E-state index contributed by atoms with van der Waals surface area (Å²) in [5.41, 5.74) is 0.362. The largest absolute Gasteiger partial charge is 0.309 e. The van der Waals surface area contributed by atoms with Crippen molar-refractivity contribution in [3.63, 3.8) is 0 Å². The van der Waals surface area contributed by atoms with Gasteiger partial charge in [0.25, 0.3) is 0 Å². The molecule has 1 amide bonds. The van der Waals surface area contributed by atoms with Crippen LogP contribution >= 0.6 is 11.3 Å². The van der Waals surface area contributed by atoms with Gasteiger partial charge < -0.3 is 5.32 Å². The number of benzene rings is 2. The average molecular weight is 461 g/mol. The van der Waals surface area contributed by atoms with Crippen LogP contribution in [0.25, 0.3) is 21.8 Å². The molecule has 2 aromatic heterocycles. The van der Waals surface area contributed by atoms with Crippen LogP contribution in [0, 0.1) is 29.1 Å². The van der Waals surface area contributed by atoms with Gasteiger partial charge in [0, 0.05) is 11.1 Å². The molecule has 0 unspecified atom stereocenters. The number of nitrogens with one attached hydrogen (secondary N) is 1. The van der Waals surface area contributed by atoms with Gasteiger partial charge in [0.05, 0.1) is 23.2 Å². The predicted molar refractivity (Wildman–Crippen MR) is 109 cm³/mol. The Bertz CT molecular complexity index is 1270. The molecule has 2 aromatic carbocycles. The molecule has 0 aliphatic heterocycles. The fourth-order valence-electron chi connectivity index (χ4n) is 2.96. The lowest BCUT2D eigenvalue weighted by molar-refractivity contribution is -0.115. The average Bonchev–Trinajstić information content (AvgIpc) is 3.35. The topological polar surface area (TPSA) is 54.9 Å². The van der Waals surface area contributed by atoms with Crippen molar-refractivity contribution in [2.75, 3.05) is 5.32 Å². The number of hydrogen-bond acceptors (Lipinski definition) is 4. The van der Waals surface area contributed by atoms with Gasteiger partial charge in [-0.1, -0.05) is 36.4 Å². The van der Waals surface area contributed by atoms with Crippen LogP contribution < -0.4 is 5.32 Å². The Balaban J connectivity index is 1.67. The van der Waals surface area contributed by atoms with E-state index in [1.807, 2.05) is 30.3 Å². The second-order valence-corrected chi connectivity index (χ2v) is 7.52. The first-order valence-electron chi connectivity index (χ1n) is 9.13. The molecule has 0 bridgehead atoms. The SMILES string of the molecule is O=C(Cc1c(F)c(F)c(F)c(F)c1F)Nc1ncc(-c2ccccc2)nc1-c1cccs1. The number of hydrogen-bond donors (Lipinski definition) is 1. The van der Waals surface area contributed by atoms with Crippen molar-refractivity contribution in [1.82, 2.24) is 9.97 Å². The van der Waals surface area contributed by atoms with Gasteiger partial charge in [-0.15, -0.1) is 11.3 Å². The summed E-state index contributed by atoms with van der Waals surface area (Å²) in [5.74, 6) is -11.7. The van der Waals surface area contributed by atoms with Crippen molar-refractivity contribution < 1.29 is 26.7 Å². The zero-order valence-corrected chi connectivity index (χ0v) is 16.8. The van der Waals surface area contributed by atoms with Crippen LogP contribution in [0.4, 0.5) is 27.8 Å². The summed E-state index contributed by atoms with van der Waals surface area (Å²) in [6.07, 6.45) is 0.318. The second-order valence-electron chi connectivity index (χ2n) is 6.57. The number of thiophene rings is 1. The highest BCUT2D eigenvalue weighted by Gasteiger charge is 2.27. The molecule has 4 rings (SSSR count). The molecule has 162 valence electrons. The fourth-order valence-corrected chi connectivity index (χ4v) is 3.67. The molecule has 0 spiro atoms. The predicted octanol–water partition coefficient (Wildman–Crippen LogP) is 5.75. The van der Waals surface area contributed by atoms with Crippen molar-refractivity contribution in [1.29, 1.82) is 0 Å². The molecule has 0 saturated heterocycles. The minimum Gasteiger partial charge on any atom is -0.309 e. The van der Waals surface area contributed by atoms with E-state index in [-0.39, 0.29) is 5.82 Å². The first-order chi connectivity index (χ1) is 15.4. The fraction of sp³-hybridized carbons (Fsp3) is 0.0455. The minimum absolute atomic E-state index is 0.0130. The number of nitrogens with zero attached hydrogens (tertiary/aromatic N) is 2. The van der Waals surface area contributed by atoms with E-state index in [0.29, 0.717) is 16.3 Å². The van der Waals surface area contributed by atoms with Crippen molar-refractivity contribution in [2.24, 2.45) is 0 Å². The number of halogens is 5. The summed E-state index contributed by atoms with van der Waals surface area (Å²) in [4.78, 5) is 21.8. The molecule has 0 aliphatic rings. The lowest BCUT2D eigenvalue weighted by Gasteiger charge is -2.12. The summed E-state index contributed by atoms with van der Waals surface area (Å²) >= 11 is 1.32. The molecule has 4 nitrogen and oxygen atoms in total. The summed E-state index contributed by atoms with van der Waals surface area (Å²) < 4.78 is 67.9. The van der Waals surface area contributed by atoms with E-state index in [1.54, 1.807) is 17.5 Å². The third-order valence-electron chi connectivity index (χ3n) is 4.49. The van der Waals surface area contributed by atoms with Gasteiger partial charge in [-0.25, -0.2) is 31.9 Å². The van der Waals surface area contributed by atoms with E-state index in [4.69, 9.17) is 0 Å². The molecule has 0 saturated carbocycles. The first kappa shape index (κ1) is 21.6. The molecular formula is C22H12F5N3OS. The maximum absolute atomic E-state index is 13.9. The molecule has 0 radical (unpaired) electrons. The number of carbonyl (C=O) groups is 1. The van der Waals surface area contributed by atoms with E-state index in [9.17, 15) is 26.7 Å². The van der Waals surface area contributed by atoms with Gasteiger partial charge in [-0.3, -0.25) is 4.79 Å². The third kappa shape index (κ3) is 4.09. The van der Waals surface area contributed by atoms with Gasteiger partial charge in [0.2, 0.25) is 11.7 Å². The quantitative estimate of drug-likeness (QED) is 0.234. The van der Waals surface area contributed by atoms with Crippen LogP contribution in [0.3, 0.4) is 0 Å². The van der Waals surface area contributed by atoms with E-state index in [2.05, 4.69) is 15.3 Å². The van der Waals surface area contributed by atoms with E-state index in [0.717, 1.165) is 5.56 Å². The van der Waals surface area contributed by atoms with E-state index >= 15 is 0 Å². The number of aromatic nitrogens is 2. The highest BCUT2D eigenvalue weighted by Crippen LogP contribution is 2.31. The van der Waals surface area contributed by atoms with Crippen LogP contribution in [0.15, 0.2) is 54.0 Å². The summed E-state index contributed by atoms with van der Waals surface area (Å²) in [6.45, 7) is 0. The Morgan fingerprint density at radius 1 is 0.875 bits per heavy atom. The Labute approximate surface area is 182 Å². The number of anilines is 1. The van der Waals surface area contributed by atoms with Gasteiger partial charge in [-0.05, 0) is 11.4 Å². The van der Waals surface area contributed by atoms with Crippen molar-refractivity contribution in [2.45, 2.75) is 6.42 Å². The summed E-state index contributed by atoms with van der Waals surface area (Å²) in [6, 6.07) is 12.6. The molecule has 0 fully saturated rings.